The molecular formula is C27H28N4O4. The van der Waals surface area contributed by atoms with Crippen LogP contribution in [0.2, 0.25) is 0 Å². The summed E-state index contributed by atoms with van der Waals surface area (Å²) in [6.07, 6.45) is 3.81. The second-order valence-corrected chi connectivity index (χ2v) is 9.26. The highest BCUT2D eigenvalue weighted by Crippen LogP contribution is 2.32. The normalized spacial score (nSPS) is 20.1. The number of rotatable bonds is 6. The average Bonchev–Trinajstić information content (AvgIpc) is 3.57. The summed E-state index contributed by atoms with van der Waals surface area (Å²) in [5, 5.41) is 7.48. The minimum absolute atomic E-state index is 0.00367. The van der Waals surface area contributed by atoms with Crippen LogP contribution in [-0.2, 0) is 11.3 Å². The SMILES string of the molecule is COc1ccc(CN2C(=O)c3cc(-c4ccccc4)nn3C(=O)[C@]2(C)C(=O)NC2CCCC2)cc1. The largest absolute Gasteiger partial charge is 0.497 e. The molecule has 0 saturated heterocycles. The van der Waals surface area contributed by atoms with Crippen molar-refractivity contribution in [3.8, 4) is 17.0 Å². The molecule has 1 fully saturated rings. The number of nitrogens with zero attached hydrogens (tertiary/aromatic N) is 3. The molecule has 1 saturated carbocycles. The fraction of sp³-hybridized carbons (Fsp3) is 0.333. The number of carbonyl (C=O) groups is 3. The average molecular weight is 473 g/mol. The Labute approximate surface area is 203 Å². The number of amides is 2. The maximum Gasteiger partial charge on any atom is 0.283 e. The van der Waals surface area contributed by atoms with Crippen molar-refractivity contribution < 1.29 is 19.1 Å². The molecular weight excluding hydrogens is 444 g/mol. The standard InChI is InChI=1S/C27H28N4O4/c1-27(25(33)28-20-10-6-7-11-20)26(34)31-23(16-22(29-31)19-8-4-3-5-9-19)24(32)30(27)17-18-12-14-21(35-2)15-13-18/h3-5,8-9,12-16,20H,6-7,10-11,17H2,1-2H3,(H,28,33)/t27-/m0/s1. The summed E-state index contributed by atoms with van der Waals surface area (Å²) in [4.78, 5) is 42.7. The van der Waals surface area contributed by atoms with E-state index in [-0.39, 0.29) is 18.3 Å². The molecule has 180 valence electrons. The summed E-state index contributed by atoms with van der Waals surface area (Å²) in [5.41, 5.74) is 0.476. The monoisotopic (exact) mass is 472 g/mol. The van der Waals surface area contributed by atoms with Crippen molar-refractivity contribution in [3.63, 3.8) is 0 Å². The Kier molecular flexibility index (Phi) is 5.88. The number of hydrogen-bond acceptors (Lipinski definition) is 5. The zero-order valence-corrected chi connectivity index (χ0v) is 19.9. The molecule has 0 unspecified atom stereocenters. The van der Waals surface area contributed by atoms with Gasteiger partial charge in [-0.3, -0.25) is 14.4 Å². The Hall–Kier alpha value is -3.94. The minimum Gasteiger partial charge on any atom is -0.497 e. The van der Waals surface area contributed by atoms with Crippen LogP contribution in [0.3, 0.4) is 0 Å². The van der Waals surface area contributed by atoms with Crippen molar-refractivity contribution >= 4 is 17.7 Å². The van der Waals surface area contributed by atoms with Gasteiger partial charge in [0.05, 0.1) is 12.8 Å². The lowest BCUT2D eigenvalue weighted by molar-refractivity contribution is -0.130. The van der Waals surface area contributed by atoms with E-state index in [0.29, 0.717) is 11.4 Å². The zero-order chi connectivity index (χ0) is 24.6. The summed E-state index contributed by atoms with van der Waals surface area (Å²) >= 11 is 0. The van der Waals surface area contributed by atoms with E-state index in [4.69, 9.17) is 4.74 Å². The number of fused-ring (bicyclic) bond motifs is 1. The van der Waals surface area contributed by atoms with Crippen molar-refractivity contribution in [1.82, 2.24) is 20.0 Å². The van der Waals surface area contributed by atoms with Crippen LogP contribution in [0, 0.1) is 0 Å². The molecule has 0 bridgehead atoms. The zero-order valence-electron chi connectivity index (χ0n) is 19.9. The third-order valence-electron chi connectivity index (χ3n) is 7.02. The van der Waals surface area contributed by atoms with Gasteiger partial charge in [0.15, 0.2) is 0 Å². The molecule has 1 N–H and O–H groups in total. The molecule has 1 aliphatic heterocycles. The van der Waals surface area contributed by atoms with Crippen molar-refractivity contribution in [2.75, 3.05) is 7.11 Å². The highest BCUT2D eigenvalue weighted by molar-refractivity contribution is 6.18. The lowest BCUT2D eigenvalue weighted by Gasteiger charge is -2.42. The predicted octanol–water partition coefficient (Wildman–Crippen LogP) is 3.67. The topological polar surface area (TPSA) is 93.5 Å². The van der Waals surface area contributed by atoms with Crippen molar-refractivity contribution in [2.45, 2.75) is 50.7 Å². The maximum absolute atomic E-state index is 13.9. The van der Waals surface area contributed by atoms with E-state index >= 15 is 0 Å². The second-order valence-electron chi connectivity index (χ2n) is 9.26. The Bertz CT molecular complexity index is 1260. The first kappa shape index (κ1) is 22.8. The maximum atomic E-state index is 13.9. The van der Waals surface area contributed by atoms with Crippen LogP contribution in [0.4, 0.5) is 0 Å². The molecule has 8 heteroatoms. The number of ether oxygens (including phenoxy) is 1. The van der Waals surface area contributed by atoms with Crippen LogP contribution >= 0.6 is 0 Å². The highest BCUT2D eigenvalue weighted by Gasteiger charge is 2.55. The molecule has 1 atom stereocenters. The molecule has 5 rings (SSSR count). The van der Waals surface area contributed by atoms with E-state index in [1.807, 2.05) is 42.5 Å². The second kappa shape index (κ2) is 9.02. The van der Waals surface area contributed by atoms with Gasteiger partial charge in [0, 0.05) is 18.2 Å². The quantitative estimate of drug-likeness (QED) is 0.553. The molecule has 2 aromatic carbocycles. The number of benzene rings is 2. The van der Waals surface area contributed by atoms with Crippen LogP contribution < -0.4 is 10.1 Å². The Morgan fingerprint density at radius 2 is 1.77 bits per heavy atom. The van der Waals surface area contributed by atoms with Crippen LogP contribution in [0.5, 0.6) is 5.75 Å². The molecule has 1 aliphatic carbocycles. The van der Waals surface area contributed by atoms with Gasteiger partial charge in [0.1, 0.15) is 11.4 Å². The Balaban J connectivity index is 1.56. The van der Waals surface area contributed by atoms with E-state index < -0.39 is 23.3 Å². The Morgan fingerprint density at radius 3 is 2.43 bits per heavy atom. The lowest BCUT2D eigenvalue weighted by Crippen LogP contribution is -2.68. The molecule has 2 heterocycles. The van der Waals surface area contributed by atoms with Gasteiger partial charge in [-0.05, 0) is 43.5 Å². The van der Waals surface area contributed by atoms with Gasteiger partial charge in [-0.1, -0.05) is 55.3 Å². The summed E-state index contributed by atoms with van der Waals surface area (Å²) in [6.45, 7) is 1.61. The van der Waals surface area contributed by atoms with Gasteiger partial charge in [0.2, 0.25) is 5.54 Å². The minimum atomic E-state index is -1.74. The molecule has 35 heavy (non-hydrogen) atoms. The van der Waals surface area contributed by atoms with Crippen LogP contribution in [0.15, 0.2) is 60.7 Å². The first-order chi connectivity index (χ1) is 16.9. The predicted molar refractivity (Wildman–Crippen MR) is 130 cm³/mol. The molecule has 0 radical (unpaired) electrons. The number of carbonyl (C=O) groups excluding carboxylic acids is 3. The molecule has 0 spiro atoms. The van der Waals surface area contributed by atoms with E-state index in [2.05, 4.69) is 10.4 Å². The Morgan fingerprint density at radius 1 is 1.09 bits per heavy atom. The van der Waals surface area contributed by atoms with Crippen LogP contribution in [0.1, 0.15) is 53.5 Å². The summed E-state index contributed by atoms with van der Waals surface area (Å²) in [6, 6.07) is 18.2. The lowest BCUT2D eigenvalue weighted by atomic mass is 9.92. The molecule has 1 aromatic heterocycles. The van der Waals surface area contributed by atoms with Gasteiger partial charge in [0.25, 0.3) is 17.7 Å². The van der Waals surface area contributed by atoms with E-state index in [1.54, 1.807) is 25.3 Å². The molecule has 8 nitrogen and oxygen atoms in total. The highest BCUT2D eigenvalue weighted by atomic mass is 16.5. The van der Waals surface area contributed by atoms with Gasteiger partial charge < -0.3 is 15.0 Å². The van der Waals surface area contributed by atoms with Crippen LogP contribution in [0.25, 0.3) is 11.3 Å². The summed E-state index contributed by atoms with van der Waals surface area (Å²) in [5.74, 6) is -0.752. The first-order valence-corrected chi connectivity index (χ1v) is 11.9. The van der Waals surface area contributed by atoms with Crippen molar-refractivity contribution in [2.24, 2.45) is 0 Å². The van der Waals surface area contributed by atoms with Gasteiger partial charge in [-0.25, -0.2) is 0 Å². The fourth-order valence-electron chi connectivity index (χ4n) is 4.86. The molecule has 3 aromatic rings. The van der Waals surface area contributed by atoms with Gasteiger partial charge >= 0.3 is 0 Å². The number of hydrogen-bond donors (Lipinski definition) is 1. The number of aromatic nitrogens is 2. The van der Waals surface area contributed by atoms with Crippen LogP contribution in [-0.4, -0.2) is 51.1 Å². The first-order valence-electron chi connectivity index (χ1n) is 11.9. The fourth-order valence-corrected chi connectivity index (χ4v) is 4.86. The third kappa shape index (κ3) is 3.99. The smallest absolute Gasteiger partial charge is 0.283 e. The van der Waals surface area contributed by atoms with E-state index in [0.717, 1.165) is 41.5 Å². The summed E-state index contributed by atoms with van der Waals surface area (Å²) in [7, 11) is 1.58. The number of nitrogens with one attached hydrogen (secondary N) is 1. The molecule has 2 aliphatic rings. The number of methoxy groups -OCH3 is 1. The third-order valence-corrected chi connectivity index (χ3v) is 7.02. The van der Waals surface area contributed by atoms with Gasteiger partial charge in [-0.2, -0.15) is 9.78 Å². The van der Waals surface area contributed by atoms with Gasteiger partial charge in [-0.15, -0.1) is 0 Å². The summed E-state index contributed by atoms with van der Waals surface area (Å²) < 4.78 is 6.33. The molecule has 2 amide bonds. The van der Waals surface area contributed by atoms with Crippen molar-refractivity contribution in [1.29, 1.82) is 0 Å². The van der Waals surface area contributed by atoms with Crippen molar-refractivity contribution in [3.05, 3.63) is 71.9 Å². The van der Waals surface area contributed by atoms with E-state index in [9.17, 15) is 14.4 Å². The van der Waals surface area contributed by atoms with E-state index in [1.165, 1.54) is 11.8 Å².